The number of piperazine rings is 1. The van der Waals surface area contributed by atoms with Gasteiger partial charge in [-0.25, -0.2) is 4.79 Å². The molecule has 0 radical (unpaired) electrons. The number of anilines is 1. The number of urea groups is 1. The number of hydrogen-bond donors (Lipinski definition) is 1. The molecule has 136 valence electrons. The van der Waals surface area contributed by atoms with Crippen LogP contribution in [-0.4, -0.2) is 74.7 Å². The molecule has 1 aromatic carbocycles. The molecule has 0 bridgehead atoms. The topological polar surface area (TPSA) is 65.1 Å². The number of hydrogen-bond acceptors (Lipinski definition) is 4. The zero-order chi connectivity index (χ0) is 17.8. The molecule has 2 fully saturated rings. The maximum Gasteiger partial charge on any atom is 0.318 e. The second kappa shape index (κ2) is 7.63. The number of carbonyl (C=O) groups excluding carboxylic acids is 2. The van der Waals surface area contributed by atoms with E-state index in [9.17, 15) is 9.59 Å². The number of nitrogens with zero attached hydrogens (tertiary/aromatic N) is 3. The predicted molar refractivity (Wildman–Crippen MR) is 96.0 cm³/mol. The molecule has 3 rings (SSSR count). The smallest absolute Gasteiger partial charge is 0.318 e. The van der Waals surface area contributed by atoms with Crippen molar-refractivity contribution in [3.8, 4) is 5.75 Å². The van der Waals surface area contributed by atoms with Crippen molar-refractivity contribution in [2.75, 3.05) is 51.8 Å². The van der Waals surface area contributed by atoms with Gasteiger partial charge in [0.1, 0.15) is 12.3 Å². The molecule has 7 heteroatoms. The first-order chi connectivity index (χ1) is 12.1. The highest BCUT2D eigenvalue weighted by Crippen LogP contribution is 2.29. The van der Waals surface area contributed by atoms with Gasteiger partial charge in [0.2, 0.25) is 5.91 Å². The fraction of sp³-hybridized carbons (Fsp3) is 0.556. The van der Waals surface area contributed by atoms with Crippen LogP contribution in [0.2, 0.25) is 0 Å². The largest absolute Gasteiger partial charge is 0.495 e. The maximum atomic E-state index is 12.4. The van der Waals surface area contributed by atoms with Crippen LogP contribution in [0.5, 0.6) is 5.75 Å². The first kappa shape index (κ1) is 17.4. The summed E-state index contributed by atoms with van der Waals surface area (Å²) in [5.74, 6) is 0.869. The molecule has 0 aliphatic carbocycles. The van der Waals surface area contributed by atoms with Gasteiger partial charge in [-0.1, -0.05) is 12.1 Å². The summed E-state index contributed by atoms with van der Waals surface area (Å²) in [6.07, 6.45) is 1.76. The predicted octanol–water partition coefficient (Wildman–Crippen LogP) is 1.15. The highest BCUT2D eigenvalue weighted by Gasteiger charge is 2.28. The van der Waals surface area contributed by atoms with Gasteiger partial charge in [-0.15, -0.1) is 0 Å². The lowest BCUT2D eigenvalue weighted by Crippen LogP contribution is -2.56. The summed E-state index contributed by atoms with van der Waals surface area (Å²) in [6.45, 7) is 3.09. The molecule has 2 aliphatic heterocycles. The van der Waals surface area contributed by atoms with E-state index in [0.29, 0.717) is 13.1 Å². The van der Waals surface area contributed by atoms with E-state index >= 15 is 0 Å². The highest BCUT2D eigenvalue weighted by atomic mass is 16.5. The summed E-state index contributed by atoms with van der Waals surface area (Å²) in [5.41, 5.74) is 1.10. The Kier molecular flexibility index (Phi) is 5.31. The molecule has 2 aliphatic rings. The Morgan fingerprint density at radius 2 is 1.88 bits per heavy atom. The van der Waals surface area contributed by atoms with Crippen LogP contribution in [0.15, 0.2) is 24.3 Å². The van der Waals surface area contributed by atoms with E-state index in [4.69, 9.17) is 4.74 Å². The standard InChI is InChI=1S/C18H26N4O3/c1-20-11-12-22(13-17(20)23)18(24)19-14-7-9-21(10-8-14)15-5-3-4-6-16(15)25-2/h3-6,14H,7-13H2,1-2H3,(H,19,24). The number of benzene rings is 1. The second-order valence-corrected chi connectivity index (χ2v) is 6.62. The molecule has 1 aromatic rings. The molecular formula is C18H26N4O3. The van der Waals surface area contributed by atoms with Crippen molar-refractivity contribution < 1.29 is 14.3 Å². The molecule has 3 amide bonds. The lowest BCUT2D eigenvalue weighted by atomic mass is 10.0. The minimum Gasteiger partial charge on any atom is -0.495 e. The van der Waals surface area contributed by atoms with Crippen molar-refractivity contribution in [3.05, 3.63) is 24.3 Å². The van der Waals surface area contributed by atoms with Gasteiger partial charge < -0.3 is 24.8 Å². The molecule has 0 aromatic heterocycles. The van der Waals surface area contributed by atoms with E-state index in [1.54, 1.807) is 24.0 Å². The van der Waals surface area contributed by atoms with Gasteiger partial charge in [0.05, 0.1) is 12.8 Å². The number of carbonyl (C=O) groups is 2. The lowest BCUT2D eigenvalue weighted by molar-refractivity contribution is -0.133. The molecule has 0 atom stereocenters. The quantitative estimate of drug-likeness (QED) is 0.892. The fourth-order valence-electron chi connectivity index (χ4n) is 3.35. The Bertz CT molecular complexity index is 629. The first-order valence-corrected chi connectivity index (χ1v) is 8.76. The van der Waals surface area contributed by atoms with Crippen molar-refractivity contribution in [1.82, 2.24) is 15.1 Å². The van der Waals surface area contributed by atoms with E-state index in [1.165, 1.54) is 0 Å². The summed E-state index contributed by atoms with van der Waals surface area (Å²) < 4.78 is 5.43. The van der Waals surface area contributed by atoms with Crippen LogP contribution in [0.1, 0.15) is 12.8 Å². The number of piperidine rings is 1. The monoisotopic (exact) mass is 346 g/mol. The summed E-state index contributed by atoms with van der Waals surface area (Å²) in [7, 11) is 3.45. The van der Waals surface area contributed by atoms with Gasteiger partial charge >= 0.3 is 6.03 Å². The molecule has 0 saturated carbocycles. The van der Waals surface area contributed by atoms with E-state index in [1.807, 2.05) is 18.2 Å². The SMILES string of the molecule is COc1ccccc1N1CCC(NC(=O)N2CCN(C)C(=O)C2)CC1. The normalized spacial score (nSPS) is 19.1. The highest BCUT2D eigenvalue weighted by molar-refractivity contribution is 5.85. The Morgan fingerprint density at radius 3 is 2.56 bits per heavy atom. The minimum absolute atomic E-state index is 0.00704. The fourth-order valence-corrected chi connectivity index (χ4v) is 3.35. The van der Waals surface area contributed by atoms with Gasteiger partial charge in [-0.2, -0.15) is 0 Å². The molecule has 2 saturated heterocycles. The molecule has 0 spiro atoms. The Morgan fingerprint density at radius 1 is 1.16 bits per heavy atom. The van der Waals surface area contributed by atoms with Crippen molar-refractivity contribution in [2.45, 2.75) is 18.9 Å². The van der Waals surface area contributed by atoms with E-state index in [0.717, 1.165) is 37.4 Å². The molecule has 0 unspecified atom stereocenters. The summed E-state index contributed by atoms with van der Waals surface area (Å²) in [4.78, 5) is 29.7. The summed E-state index contributed by atoms with van der Waals surface area (Å²) in [6, 6.07) is 8.02. The number of para-hydroxylation sites is 2. The van der Waals surface area contributed by atoms with Crippen LogP contribution in [0.4, 0.5) is 10.5 Å². The lowest BCUT2D eigenvalue weighted by Gasteiger charge is -2.37. The number of ether oxygens (including phenoxy) is 1. The van der Waals surface area contributed by atoms with Gasteiger partial charge in [0, 0.05) is 39.3 Å². The second-order valence-electron chi connectivity index (χ2n) is 6.62. The molecular weight excluding hydrogens is 320 g/mol. The zero-order valence-corrected chi connectivity index (χ0v) is 14.9. The first-order valence-electron chi connectivity index (χ1n) is 8.76. The van der Waals surface area contributed by atoms with Gasteiger partial charge in [0.15, 0.2) is 0 Å². The van der Waals surface area contributed by atoms with Crippen LogP contribution < -0.4 is 15.0 Å². The van der Waals surface area contributed by atoms with E-state index < -0.39 is 0 Å². The molecule has 2 heterocycles. The van der Waals surface area contributed by atoms with Crippen LogP contribution >= 0.6 is 0 Å². The minimum atomic E-state index is -0.128. The van der Waals surface area contributed by atoms with Gasteiger partial charge in [-0.3, -0.25) is 4.79 Å². The number of likely N-dealkylation sites (N-methyl/N-ethyl adjacent to an activating group) is 1. The van der Waals surface area contributed by atoms with Gasteiger partial charge in [-0.05, 0) is 25.0 Å². The van der Waals surface area contributed by atoms with Crippen molar-refractivity contribution in [3.63, 3.8) is 0 Å². The Balaban J connectivity index is 1.51. The van der Waals surface area contributed by atoms with Crippen LogP contribution in [-0.2, 0) is 4.79 Å². The molecule has 1 N–H and O–H groups in total. The number of rotatable bonds is 3. The van der Waals surface area contributed by atoms with E-state index in [2.05, 4.69) is 16.3 Å². The average molecular weight is 346 g/mol. The number of nitrogens with one attached hydrogen (secondary N) is 1. The van der Waals surface area contributed by atoms with Crippen LogP contribution in [0, 0.1) is 0 Å². The maximum absolute atomic E-state index is 12.4. The van der Waals surface area contributed by atoms with Crippen LogP contribution in [0.3, 0.4) is 0 Å². The van der Waals surface area contributed by atoms with Crippen molar-refractivity contribution in [2.24, 2.45) is 0 Å². The number of amides is 3. The average Bonchev–Trinajstić information content (AvgIpc) is 2.64. The third-order valence-corrected chi connectivity index (χ3v) is 4.99. The van der Waals surface area contributed by atoms with Crippen LogP contribution in [0.25, 0.3) is 0 Å². The third kappa shape index (κ3) is 3.97. The number of methoxy groups -OCH3 is 1. The van der Waals surface area contributed by atoms with Crippen molar-refractivity contribution in [1.29, 1.82) is 0 Å². The molecule has 7 nitrogen and oxygen atoms in total. The summed E-state index contributed by atoms with van der Waals surface area (Å²) >= 11 is 0. The van der Waals surface area contributed by atoms with Crippen molar-refractivity contribution >= 4 is 17.6 Å². The Hall–Kier alpha value is -2.44. The van der Waals surface area contributed by atoms with Gasteiger partial charge in [0.25, 0.3) is 0 Å². The summed E-state index contributed by atoms with van der Waals surface area (Å²) in [5, 5.41) is 3.08. The van der Waals surface area contributed by atoms with E-state index in [-0.39, 0.29) is 24.5 Å². The zero-order valence-electron chi connectivity index (χ0n) is 14.9. The molecule has 25 heavy (non-hydrogen) atoms. The third-order valence-electron chi connectivity index (χ3n) is 4.99. The Labute approximate surface area is 148 Å².